The predicted molar refractivity (Wildman–Crippen MR) is 122 cm³/mol. The number of aromatic nitrogens is 1. The van der Waals surface area contributed by atoms with Crippen molar-refractivity contribution in [1.29, 1.82) is 0 Å². The molecule has 2 heterocycles. The number of hydrogen-bond acceptors (Lipinski definition) is 4. The van der Waals surface area contributed by atoms with Crippen LogP contribution in [0.5, 0.6) is 0 Å². The Morgan fingerprint density at radius 1 is 1.28 bits per heavy atom. The topological polar surface area (TPSA) is 45.2 Å². The zero-order valence-electron chi connectivity index (χ0n) is 17.4. The van der Waals surface area contributed by atoms with Gasteiger partial charge < -0.3 is 10.2 Å². The van der Waals surface area contributed by atoms with Crippen molar-refractivity contribution < 1.29 is 4.79 Å². The fourth-order valence-electron chi connectivity index (χ4n) is 4.16. The normalized spacial score (nSPS) is 18.0. The summed E-state index contributed by atoms with van der Waals surface area (Å²) in [5.74, 6) is 0.516. The van der Waals surface area contributed by atoms with Gasteiger partial charge in [0.2, 0.25) is 5.91 Å². The summed E-state index contributed by atoms with van der Waals surface area (Å²) in [6.07, 6.45) is 1.98. The minimum atomic E-state index is 0.0292. The van der Waals surface area contributed by atoms with E-state index in [2.05, 4.69) is 55.3 Å². The first kappa shape index (κ1) is 19.9. The number of aryl methyl sites for hydroxylation is 2. The van der Waals surface area contributed by atoms with Gasteiger partial charge in [-0.2, -0.15) is 0 Å². The highest BCUT2D eigenvalue weighted by Gasteiger charge is 2.27. The van der Waals surface area contributed by atoms with Crippen molar-refractivity contribution in [2.45, 2.75) is 39.5 Å². The molecule has 1 aliphatic rings. The van der Waals surface area contributed by atoms with Crippen LogP contribution in [-0.2, 0) is 4.79 Å². The quantitative estimate of drug-likeness (QED) is 0.644. The Balaban J connectivity index is 1.40. The molecule has 4 nitrogen and oxygen atoms in total. The third-order valence-electron chi connectivity index (χ3n) is 5.83. The highest BCUT2D eigenvalue weighted by Crippen LogP contribution is 2.33. The van der Waals surface area contributed by atoms with Crippen molar-refractivity contribution in [2.24, 2.45) is 5.92 Å². The van der Waals surface area contributed by atoms with Crippen molar-refractivity contribution >= 4 is 32.6 Å². The fourth-order valence-corrected chi connectivity index (χ4v) is 5.33. The van der Waals surface area contributed by atoms with Gasteiger partial charge in [-0.15, -0.1) is 0 Å². The van der Waals surface area contributed by atoms with E-state index in [1.807, 2.05) is 18.2 Å². The lowest BCUT2D eigenvalue weighted by Crippen LogP contribution is -2.43. The molecule has 2 unspecified atom stereocenters. The second-order valence-electron chi connectivity index (χ2n) is 8.27. The van der Waals surface area contributed by atoms with Gasteiger partial charge in [0, 0.05) is 19.6 Å². The fraction of sp³-hybridized carbons (Fsp3) is 0.417. The number of amides is 1. The van der Waals surface area contributed by atoms with Crippen molar-refractivity contribution in [2.75, 3.05) is 24.5 Å². The average molecular weight is 408 g/mol. The van der Waals surface area contributed by atoms with Gasteiger partial charge in [0.05, 0.1) is 16.1 Å². The molecule has 1 N–H and O–H groups in total. The predicted octanol–water partition coefficient (Wildman–Crippen LogP) is 5.05. The lowest BCUT2D eigenvalue weighted by Gasteiger charge is -2.32. The van der Waals surface area contributed by atoms with E-state index >= 15 is 0 Å². The lowest BCUT2D eigenvalue weighted by molar-refractivity contribution is -0.125. The van der Waals surface area contributed by atoms with E-state index in [-0.39, 0.29) is 11.8 Å². The standard InChI is InChI=1S/C24H29N3OS/c1-16-12-17(2)22-21(13-16)29-24(26-22)27-11-7-10-20(15-27)23(28)25-14-18(3)19-8-5-4-6-9-19/h4-6,8-9,12-13,18,20H,7,10-11,14-15H2,1-3H3,(H,25,28). The van der Waals surface area contributed by atoms with Crippen LogP contribution in [0, 0.1) is 19.8 Å². The molecule has 2 atom stereocenters. The van der Waals surface area contributed by atoms with E-state index in [4.69, 9.17) is 4.98 Å². The van der Waals surface area contributed by atoms with Gasteiger partial charge in [-0.3, -0.25) is 4.79 Å². The molecule has 1 aromatic heterocycles. The molecule has 0 aliphatic carbocycles. The van der Waals surface area contributed by atoms with Crippen LogP contribution in [0.1, 0.15) is 42.4 Å². The van der Waals surface area contributed by atoms with E-state index < -0.39 is 0 Å². The number of benzene rings is 2. The molecule has 0 radical (unpaired) electrons. The zero-order valence-corrected chi connectivity index (χ0v) is 18.3. The molecular weight excluding hydrogens is 378 g/mol. The number of carbonyl (C=O) groups is 1. The van der Waals surface area contributed by atoms with Crippen LogP contribution in [0.3, 0.4) is 0 Å². The Labute approximate surface area is 177 Å². The zero-order chi connectivity index (χ0) is 20.4. The maximum Gasteiger partial charge on any atom is 0.224 e. The number of hydrogen-bond donors (Lipinski definition) is 1. The molecule has 4 rings (SSSR count). The summed E-state index contributed by atoms with van der Waals surface area (Å²) >= 11 is 1.74. The van der Waals surface area contributed by atoms with Gasteiger partial charge in [-0.25, -0.2) is 4.98 Å². The van der Waals surface area contributed by atoms with E-state index in [1.54, 1.807) is 11.3 Å². The minimum absolute atomic E-state index is 0.0292. The third-order valence-corrected chi connectivity index (χ3v) is 6.90. The monoisotopic (exact) mass is 407 g/mol. The second-order valence-corrected chi connectivity index (χ2v) is 9.28. The van der Waals surface area contributed by atoms with Gasteiger partial charge in [0.25, 0.3) is 0 Å². The molecule has 0 spiro atoms. The Bertz CT molecular complexity index is 998. The Morgan fingerprint density at radius 2 is 2.07 bits per heavy atom. The average Bonchev–Trinajstić information content (AvgIpc) is 3.17. The van der Waals surface area contributed by atoms with E-state index in [0.29, 0.717) is 12.5 Å². The molecule has 1 saturated heterocycles. The van der Waals surface area contributed by atoms with E-state index in [9.17, 15) is 4.79 Å². The SMILES string of the molecule is Cc1cc(C)c2nc(N3CCCC(C(=O)NCC(C)c4ccccc4)C3)sc2c1. The summed E-state index contributed by atoms with van der Waals surface area (Å²) in [5, 5.41) is 4.23. The minimum Gasteiger partial charge on any atom is -0.355 e. The molecule has 3 aromatic rings. The summed E-state index contributed by atoms with van der Waals surface area (Å²) in [5.41, 5.74) is 4.86. The smallest absolute Gasteiger partial charge is 0.224 e. The van der Waals surface area contributed by atoms with Gasteiger partial charge in [-0.1, -0.05) is 54.7 Å². The molecular formula is C24H29N3OS. The van der Waals surface area contributed by atoms with Gasteiger partial charge >= 0.3 is 0 Å². The van der Waals surface area contributed by atoms with Crippen LogP contribution in [0.2, 0.25) is 0 Å². The van der Waals surface area contributed by atoms with Crippen LogP contribution < -0.4 is 10.2 Å². The highest BCUT2D eigenvalue weighted by atomic mass is 32.1. The van der Waals surface area contributed by atoms with Crippen molar-refractivity contribution in [3.8, 4) is 0 Å². The summed E-state index contributed by atoms with van der Waals surface area (Å²) in [7, 11) is 0. The molecule has 1 fully saturated rings. The molecule has 1 amide bonds. The Kier molecular flexibility index (Phi) is 5.86. The lowest BCUT2D eigenvalue weighted by atomic mass is 9.96. The van der Waals surface area contributed by atoms with Gasteiger partial charge in [-0.05, 0) is 55.4 Å². The molecule has 2 aromatic carbocycles. The van der Waals surface area contributed by atoms with Crippen molar-refractivity contribution in [1.82, 2.24) is 10.3 Å². The number of thiazole rings is 1. The summed E-state index contributed by atoms with van der Waals surface area (Å²) < 4.78 is 1.24. The Morgan fingerprint density at radius 3 is 2.86 bits per heavy atom. The maximum atomic E-state index is 12.8. The van der Waals surface area contributed by atoms with E-state index in [1.165, 1.54) is 21.4 Å². The number of carbonyl (C=O) groups excluding carboxylic acids is 1. The number of fused-ring (bicyclic) bond motifs is 1. The highest BCUT2D eigenvalue weighted by molar-refractivity contribution is 7.22. The largest absolute Gasteiger partial charge is 0.355 e. The second kappa shape index (κ2) is 8.54. The van der Waals surface area contributed by atoms with Crippen LogP contribution in [-0.4, -0.2) is 30.5 Å². The molecule has 5 heteroatoms. The van der Waals surface area contributed by atoms with Gasteiger partial charge in [0.1, 0.15) is 0 Å². The van der Waals surface area contributed by atoms with Crippen LogP contribution in [0.25, 0.3) is 10.2 Å². The molecule has 1 aliphatic heterocycles. The van der Waals surface area contributed by atoms with Crippen molar-refractivity contribution in [3.63, 3.8) is 0 Å². The first-order valence-corrected chi connectivity index (χ1v) is 11.3. The number of piperidine rings is 1. The van der Waals surface area contributed by atoms with Crippen LogP contribution in [0.15, 0.2) is 42.5 Å². The van der Waals surface area contributed by atoms with E-state index in [0.717, 1.165) is 36.6 Å². The number of rotatable bonds is 5. The summed E-state index contributed by atoms with van der Waals surface area (Å²) in [4.78, 5) is 20.0. The molecule has 0 saturated carbocycles. The van der Waals surface area contributed by atoms with Crippen LogP contribution >= 0.6 is 11.3 Å². The van der Waals surface area contributed by atoms with Crippen molar-refractivity contribution in [3.05, 3.63) is 59.2 Å². The third kappa shape index (κ3) is 4.45. The maximum absolute atomic E-state index is 12.8. The molecule has 0 bridgehead atoms. The summed E-state index contributed by atoms with van der Waals surface area (Å²) in [6.45, 7) is 8.82. The summed E-state index contributed by atoms with van der Waals surface area (Å²) in [6, 6.07) is 14.8. The van der Waals surface area contributed by atoms with Gasteiger partial charge in [0.15, 0.2) is 5.13 Å². The molecule has 29 heavy (non-hydrogen) atoms. The first-order valence-electron chi connectivity index (χ1n) is 10.5. The number of nitrogens with zero attached hydrogens (tertiary/aromatic N) is 2. The number of nitrogens with one attached hydrogen (secondary N) is 1. The first-order chi connectivity index (χ1) is 14.0. The number of anilines is 1. The Hall–Kier alpha value is -2.40. The van der Waals surface area contributed by atoms with Crippen LogP contribution in [0.4, 0.5) is 5.13 Å². The molecule has 152 valence electrons.